The van der Waals surface area contributed by atoms with Crippen LogP contribution in [0.25, 0.3) is 10.2 Å². The first-order valence-electron chi connectivity index (χ1n) is 10.8. The molecule has 6 heteroatoms. The van der Waals surface area contributed by atoms with Crippen molar-refractivity contribution in [3.05, 3.63) is 29.3 Å². The molecule has 1 aromatic carbocycles. The highest BCUT2D eigenvalue weighted by Crippen LogP contribution is 2.34. The standard InChI is InChI=1S/C23H31N3O2S/c1-23(2,3)22(28)26-14-10-17(11-15-26)21(27)25-12-8-16(9-13-25)20-24-18-6-4-5-7-19(18)29-20/h4-7,16-17H,8-15H2,1-3H3. The van der Waals surface area contributed by atoms with Crippen molar-refractivity contribution in [2.24, 2.45) is 11.3 Å². The van der Waals surface area contributed by atoms with E-state index in [1.165, 1.54) is 9.71 Å². The van der Waals surface area contributed by atoms with E-state index in [4.69, 9.17) is 4.98 Å². The molecule has 2 amide bonds. The number of likely N-dealkylation sites (tertiary alicyclic amines) is 2. The Hall–Kier alpha value is -1.95. The summed E-state index contributed by atoms with van der Waals surface area (Å²) in [5.41, 5.74) is 0.738. The molecule has 0 unspecified atom stereocenters. The number of hydrogen-bond acceptors (Lipinski definition) is 4. The first kappa shape index (κ1) is 20.3. The minimum absolute atomic E-state index is 0.0676. The van der Waals surface area contributed by atoms with Crippen LogP contribution in [-0.2, 0) is 9.59 Å². The first-order chi connectivity index (χ1) is 13.8. The molecule has 0 atom stereocenters. The summed E-state index contributed by atoms with van der Waals surface area (Å²) in [7, 11) is 0. The van der Waals surface area contributed by atoms with Crippen molar-refractivity contribution in [3.8, 4) is 0 Å². The molecule has 2 aromatic rings. The van der Waals surface area contributed by atoms with Crippen molar-refractivity contribution in [2.45, 2.75) is 52.4 Å². The van der Waals surface area contributed by atoms with Gasteiger partial charge in [-0.1, -0.05) is 32.9 Å². The van der Waals surface area contributed by atoms with E-state index in [0.717, 1.165) is 44.3 Å². The van der Waals surface area contributed by atoms with Crippen molar-refractivity contribution < 1.29 is 9.59 Å². The van der Waals surface area contributed by atoms with Crippen LogP contribution in [0, 0.1) is 11.3 Å². The van der Waals surface area contributed by atoms with Crippen LogP contribution in [0.15, 0.2) is 24.3 Å². The third kappa shape index (κ3) is 4.32. The lowest BCUT2D eigenvalue weighted by molar-refractivity contribution is -0.145. The summed E-state index contributed by atoms with van der Waals surface area (Å²) in [6, 6.07) is 8.30. The van der Waals surface area contributed by atoms with Gasteiger partial charge in [0.15, 0.2) is 0 Å². The highest BCUT2D eigenvalue weighted by atomic mass is 32.1. The van der Waals surface area contributed by atoms with Gasteiger partial charge in [0.25, 0.3) is 0 Å². The normalized spacial score (nSPS) is 19.7. The van der Waals surface area contributed by atoms with Crippen LogP contribution in [0.3, 0.4) is 0 Å². The molecule has 2 aliphatic rings. The topological polar surface area (TPSA) is 53.5 Å². The zero-order valence-electron chi connectivity index (χ0n) is 17.7. The molecule has 0 radical (unpaired) electrons. The van der Waals surface area contributed by atoms with E-state index in [-0.39, 0.29) is 23.1 Å². The van der Waals surface area contributed by atoms with Gasteiger partial charge in [-0.25, -0.2) is 4.98 Å². The third-order valence-electron chi connectivity index (χ3n) is 6.24. The first-order valence-corrected chi connectivity index (χ1v) is 11.6. The Morgan fingerprint density at radius 1 is 0.966 bits per heavy atom. The predicted molar refractivity (Wildman–Crippen MR) is 117 cm³/mol. The molecule has 2 saturated heterocycles. The number of rotatable bonds is 2. The second-order valence-corrected chi connectivity index (χ2v) is 10.5. The summed E-state index contributed by atoms with van der Waals surface area (Å²) in [5, 5.41) is 1.22. The largest absolute Gasteiger partial charge is 0.342 e. The molecule has 4 rings (SSSR count). The molecule has 3 heterocycles. The van der Waals surface area contributed by atoms with Crippen molar-refractivity contribution in [3.63, 3.8) is 0 Å². The molecule has 29 heavy (non-hydrogen) atoms. The highest BCUT2D eigenvalue weighted by Gasteiger charge is 2.35. The van der Waals surface area contributed by atoms with E-state index < -0.39 is 0 Å². The minimum atomic E-state index is -0.348. The molecule has 1 aromatic heterocycles. The van der Waals surface area contributed by atoms with Gasteiger partial charge in [-0.2, -0.15) is 0 Å². The quantitative estimate of drug-likeness (QED) is 0.738. The Bertz CT molecular complexity index is 852. The van der Waals surface area contributed by atoms with Crippen LogP contribution in [0.5, 0.6) is 0 Å². The maximum Gasteiger partial charge on any atom is 0.227 e. The van der Waals surface area contributed by atoms with Crippen molar-refractivity contribution in [1.29, 1.82) is 0 Å². The molecular weight excluding hydrogens is 382 g/mol. The van der Waals surface area contributed by atoms with Crippen LogP contribution in [0.2, 0.25) is 0 Å². The molecule has 2 fully saturated rings. The summed E-state index contributed by atoms with van der Waals surface area (Å²) in [5.74, 6) is 1.01. The average molecular weight is 414 g/mol. The molecule has 0 bridgehead atoms. The fourth-order valence-corrected chi connectivity index (χ4v) is 5.61. The van der Waals surface area contributed by atoms with Crippen LogP contribution in [0.4, 0.5) is 0 Å². The summed E-state index contributed by atoms with van der Waals surface area (Å²) in [4.78, 5) is 34.3. The van der Waals surface area contributed by atoms with Gasteiger partial charge in [-0.3, -0.25) is 9.59 Å². The molecule has 5 nitrogen and oxygen atoms in total. The summed E-state index contributed by atoms with van der Waals surface area (Å²) in [6.45, 7) is 8.93. The van der Waals surface area contributed by atoms with Gasteiger partial charge in [0.2, 0.25) is 11.8 Å². The maximum atomic E-state index is 13.0. The summed E-state index contributed by atoms with van der Waals surface area (Å²) >= 11 is 1.79. The molecule has 2 aliphatic heterocycles. The minimum Gasteiger partial charge on any atom is -0.342 e. The summed E-state index contributed by atoms with van der Waals surface area (Å²) in [6.07, 6.45) is 3.57. The lowest BCUT2D eigenvalue weighted by atomic mass is 9.89. The van der Waals surface area contributed by atoms with Crippen LogP contribution in [-0.4, -0.2) is 52.8 Å². The number of carbonyl (C=O) groups is 2. The molecule has 0 aliphatic carbocycles. The monoisotopic (exact) mass is 413 g/mol. The van der Waals surface area contributed by atoms with E-state index in [0.29, 0.717) is 19.0 Å². The van der Waals surface area contributed by atoms with Gasteiger partial charge in [0.05, 0.1) is 15.2 Å². The van der Waals surface area contributed by atoms with Gasteiger partial charge in [0.1, 0.15) is 0 Å². The Morgan fingerprint density at radius 2 is 1.59 bits per heavy atom. The fourth-order valence-electron chi connectivity index (χ4n) is 4.47. The number of benzene rings is 1. The maximum absolute atomic E-state index is 13.0. The average Bonchev–Trinajstić information content (AvgIpc) is 3.16. The third-order valence-corrected chi connectivity index (χ3v) is 7.44. The number of para-hydroxylation sites is 1. The number of thiazole rings is 1. The number of aromatic nitrogens is 1. The van der Waals surface area contributed by atoms with Crippen molar-refractivity contribution >= 4 is 33.4 Å². The zero-order valence-corrected chi connectivity index (χ0v) is 18.5. The Labute approximate surface area is 177 Å². The second-order valence-electron chi connectivity index (χ2n) is 9.44. The number of carbonyl (C=O) groups excluding carboxylic acids is 2. The Morgan fingerprint density at radius 3 is 2.21 bits per heavy atom. The summed E-state index contributed by atoms with van der Waals surface area (Å²) < 4.78 is 1.25. The molecule has 0 spiro atoms. The van der Waals surface area contributed by atoms with E-state index in [1.54, 1.807) is 11.3 Å². The van der Waals surface area contributed by atoms with Gasteiger partial charge in [-0.15, -0.1) is 11.3 Å². The highest BCUT2D eigenvalue weighted by molar-refractivity contribution is 7.18. The van der Waals surface area contributed by atoms with Crippen LogP contribution >= 0.6 is 11.3 Å². The van der Waals surface area contributed by atoms with Gasteiger partial charge < -0.3 is 9.80 Å². The second kappa shape index (κ2) is 8.05. The lowest BCUT2D eigenvalue weighted by Gasteiger charge is -2.38. The SMILES string of the molecule is CC(C)(C)C(=O)N1CCC(C(=O)N2CCC(c3nc4ccccc4s3)CC2)CC1. The fraction of sp³-hybridized carbons (Fsp3) is 0.609. The van der Waals surface area contributed by atoms with Crippen molar-refractivity contribution in [1.82, 2.24) is 14.8 Å². The molecule has 0 saturated carbocycles. The molecule has 156 valence electrons. The number of piperidine rings is 2. The van der Waals surface area contributed by atoms with Gasteiger partial charge in [-0.05, 0) is 37.8 Å². The predicted octanol–water partition coefficient (Wildman–Crippen LogP) is 4.29. The number of amides is 2. The van der Waals surface area contributed by atoms with E-state index in [9.17, 15) is 9.59 Å². The van der Waals surface area contributed by atoms with Gasteiger partial charge >= 0.3 is 0 Å². The number of nitrogens with zero attached hydrogens (tertiary/aromatic N) is 3. The lowest BCUT2D eigenvalue weighted by Crippen LogP contribution is -2.48. The van der Waals surface area contributed by atoms with E-state index in [2.05, 4.69) is 23.1 Å². The smallest absolute Gasteiger partial charge is 0.227 e. The number of hydrogen-bond donors (Lipinski definition) is 0. The van der Waals surface area contributed by atoms with E-state index in [1.807, 2.05) is 31.7 Å². The van der Waals surface area contributed by atoms with E-state index >= 15 is 0 Å². The Kier molecular flexibility index (Phi) is 5.65. The van der Waals surface area contributed by atoms with Crippen molar-refractivity contribution in [2.75, 3.05) is 26.2 Å². The van der Waals surface area contributed by atoms with Crippen LogP contribution in [0.1, 0.15) is 57.4 Å². The Balaban J connectivity index is 1.30. The van der Waals surface area contributed by atoms with Gasteiger partial charge in [0, 0.05) is 43.4 Å². The number of fused-ring (bicyclic) bond motifs is 1. The van der Waals surface area contributed by atoms with Crippen LogP contribution < -0.4 is 0 Å². The molecular formula is C23H31N3O2S. The zero-order chi connectivity index (χ0) is 20.6. The molecule has 0 N–H and O–H groups in total.